The molecule has 0 aliphatic heterocycles. The predicted octanol–water partition coefficient (Wildman–Crippen LogP) is 0.988. The summed E-state index contributed by atoms with van der Waals surface area (Å²) in [5, 5.41) is 16.5. The summed E-state index contributed by atoms with van der Waals surface area (Å²) in [7, 11) is 0. The van der Waals surface area contributed by atoms with Gasteiger partial charge < -0.3 is 9.84 Å². The first kappa shape index (κ1) is 7.99. The molecule has 0 fully saturated rings. The minimum Gasteiger partial charge on any atom is -0.514 e. The fourth-order valence-corrected chi connectivity index (χ4v) is 0.310. The molecule has 3 heteroatoms. The fraction of sp³-hybridized carbons (Fsp3) is 0.500. The molecule has 1 N–H and O–H groups in total. The molecule has 50 valence electrons. The van der Waals surface area contributed by atoms with E-state index in [1.807, 2.05) is 6.92 Å². The molecule has 0 aromatic rings. The molecule has 0 unspecified atom stereocenters. The SMILES string of the molecule is CCOC/C(C#N)=C/O. The van der Waals surface area contributed by atoms with Crippen molar-refractivity contribution in [1.82, 2.24) is 0 Å². The van der Waals surface area contributed by atoms with Crippen LogP contribution < -0.4 is 0 Å². The van der Waals surface area contributed by atoms with Crippen LogP contribution >= 0.6 is 0 Å². The van der Waals surface area contributed by atoms with Crippen molar-refractivity contribution < 1.29 is 9.84 Å². The van der Waals surface area contributed by atoms with E-state index in [4.69, 9.17) is 15.1 Å². The van der Waals surface area contributed by atoms with Crippen LogP contribution in [0.25, 0.3) is 0 Å². The highest BCUT2D eigenvalue weighted by molar-refractivity contribution is 5.17. The van der Waals surface area contributed by atoms with Crippen LogP contribution in [0.3, 0.4) is 0 Å². The lowest BCUT2D eigenvalue weighted by atomic mass is 10.3. The molecule has 0 radical (unpaired) electrons. The molecular weight excluding hydrogens is 118 g/mol. The van der Waals surface area contributed by atoms with E-state index in [1.165, 1.54) is 0 Å². The third-order valence-corrected chi connectivity index (χ3v) is 0.761. The van der Waals surface area contributed by atoms with Crippen LogP contribution in [0, 0.1) is 11.3 Å². The fourth-order valence-electron chi connectivity index (χ4n) is 0.310. The number of ether oxygens (including phenoxy) is 1. The van der Waals surface area contributed by atoms with E-state index >= 15 is 0 Å². The number of rotatable bonds is 3. The molecule has 0 saturated heterocycles. The maximum atomic E-state index is 8.29. The molecule has 0 saturated carbocycles. The Labute approximate surface area is 54.2 Å². The molecule has 9 heavy (non-hydrogen) atoms. The third kappa shape index (κ3) is 3.56. The Morgan fingerprint density at radius 2 is 2.56 bits per heavy atom. The Bertz CT molecular complexity index is 134. The second-order valence-corrected chi connectivity index (χ2v) is 1.40. The Morgan fingerprint density at radius 3 is 2.89 bits per heavy atom. The standard InChI is InChI=1S/C6H9NO2/c1-2-9-5-6(3-7)4-8/h4,8H,2,5H2,1H3/b6-4+. The van der Waals surface area contributed by atoms with Crippen molar-refractivity contribution in [3.63, 3.8) is 0 Å². The Morgan fingerprint density at radius 1 is 1.89 bits per heavy atom. The second kappa shape index (κ2) is 5.13. The summed E-state index contributed by atoms with van der Waals surface area (Å²) >= 11 is 0. The van der Waals surface area contributed by atoms with E-state index in [9.17, 15) is 0 Å². The number of aliphatic hydroxyl groups excluding tert-OH is 1. The average molecular weight is 127 g/mol. The van der Waals surface area contributed by atoms with Gasteiger partial charge in [-0.05, 0) is 6.92 Å². The molecule has 0 aliphatic carbocycles. The quantitative estimate of drug-likeness (QED) is 0.454. The maximum absolute atomic E-state index is 8.29. The van der Waals surface area contributed by atoms with Gasteiger partial charge in [-0.15, -0.1) is 0 Å². The number of hydrogen-bond donors (Lipinski definition) is 1. The monoisotopic (exact) mass is 127 g/mol. The Kier molecular flexibility index (Phi) is 4.56. The summed E-state index contributed by atoms with van der Waals surface area (Å²) in [6.45, 7) is 2.58. The van der Waals surface area contributed by atoms with Gasteiger partial charge in [0, 0.05) is 6.61 Å². The molecule has 3 nitrogen and oxygen atoms in total. The summed E-state index contributed by atoms with van der Waals surface area (Å²) in [6.07, 6.45) is 0.760. The zero-order valence-corrected chi connectivity index (χ0v) is 5.29. The first-order valence-electron chi connectivity index (χ1n) is 2.66. The molecular formula is C6H9NO2. The van der Waals surface area contributed by atoms with Crippen LogP contribution in [-0.2, 0) is 4.74 Å². The number of aliphatic hydroxyl groups is 1. The maximum Gasteiger partial charge on any atom is 0.100 e. The smallest absolute Gasteiger partial charge is 0.100 e. The summed E-state index contributed by atoms with van der Waals surface area (Å²) in [5.41, 5.74) is 0.247. The van der Waals surface area contributed by atoms with Gasteiger partial charge in [0.2, 0.25) is 0 Å². The Hall–Kier alpha value is -1.01. The third-order valence-electron chi connectivity index (χ3n) is 0.761. The van der Waals surface area contributed by atoms with Crippen molar-refractivity contribution in [2.24, 2.45) is 0 Å². The molecule has 0 aromatic carbocycles. The molecule has 0 amide bonds. The molecule has 0 heterocycles. The predicted molar refractivity (Wildman–Crippen MR) is 32.8 cm³/mol. The summed E-state index contributed by atoms with van der Waals surface area (Å²) in [6, 6.07) is 1.77. The van der Waals surface area contributed by atoms with Gasteiger partial charge in [0.25, 0.3) is 0 Å². The molecule has 0 bridgehead atoms. The molecule has 0 spiro atoms. The second-order valence-electron chi connectivity index (χ2n) is 1.40. The first-order chi connectivity index (χ1) is 4.35. The van der Waals surface area contributed by atoms with Gasteiger partial charge in [0.15, 0.2) is 0 Å². The van der Waals surface area contributed by atoms with Gasteiger partial charge in [0.1, 0.15) is 6.07 Å². The zero-order chi connectivity index (χ0) is 7.11. The number of hydrogen-bond acceptors (Lipinski definition) is 3. The lowest BCUT2D eigenvalue weighted by Gasteiger charge is -1.94. The summed E-state index contributed by atoms with van der Waals surface area (Å²) in [4.78, 5) is 0. The minimum atomic E-state index is 0.198. The van der Waals surface area contributed by atoms with Crippen molar-refractivity contribution >= 4 is 0 Å². The highest BCUT2D eigenvalue weighted by atomic mass is 16.5. The van der Waals surface area contributed by atoms with Gasteiger partial charge in [0.05, 0.1) is 18.4 Å². The molecule has 0 rings (SSSR count). The highest BCUT2D eigenvalue weighted by Crippen LogP contribution is 1.89. The average Bonchev–Trinajstić information content (AvgIpc) is 1.91. The van der Waals surface area contributed by atoms with Crippen LogP contribution in [0.1, 0.15) is 6.92 Å². The van der Waals surface area contributed by atoms with E-state index in [0.717, 1.165) is 6.26 Å². The zero-order valence-electron chi connectivity index (χ0n) is 5.29. The first-order valence-corrected chi connectivity index (χ1v) is 2.66. The number of nitriles is 1. The van der Waals surface area contributed by atoms with E-state index < -0.39 is 0 Å². The van der Waals surface area contributed by atoms with Gasteiger partial charge in [-0.25, -0.2) is 0 Å². The van der Waals surface area contributed by atoms with Gasteiger partial charge in [-0.1, -0.05) is 0 Å². The van der Waals surface area contributed by atoms with E-state index in [-0.39, 0.29) is 12.2 Å². The molecule has 0 aliphatic rings. The highest BCUT2D eigenvalue weighted by Gasteiger charge is 1.91. The lowest BCUT2D eigenvalue weighted by Crippen LogP contribution is -1.95. The molecule has 0 atom stereocenters. The van der Waals surface area contributed by atoms with E-state index in [1.54, 1.807) is 6.07 Å². The van der Waals surface area contributed by atoms with Crippen LogP contribution in [-0.4, -0.2) is 18.3 Å². The lowest BCUT2D eigenvalue weighted by molar-refractivity contribution is 0.171. The van der Waals surface area contributed by atoms with Crippen LogP contribution in [0.4, 0.5) is 0 Å². The van der Waals surface area contributed by atoms with E-state index in [0.29, 0.717) is 6.61 Å². The van der Waals surface area contributed by atoms with Crippen LogP contribution in [0.2, 0.25) is 0 Å². The van der Waals surface area contributed by atoms with Crippen LogP contribution in [0.5, 0.6) is 0 Å². The summed E-state index contributed by atoms with van der Waals surface area (Å²) in [5.74, 6) is 0. The van der Waals surface area contributed by atoms with Gasteiger partial charge >= 0.3 is 0 Å². The normalized spacial score (nSPS) is 10.9. The largest absolute Gasteiger partial charge is 0.514 e. The van der Waals surface area contributed by atoms with Crippen molar-refractivity contribution in [1.29, 1.82) is 5.26 Å². The minimum absolute atomic E-state index is 0.198. The Balaban J connectivity index is 3.49. The van der Waals surface area contributed by atoms with Gasteiger partial charge in [-0.3, -0.25) is 0 Å². The topological polar surface area (TPSA) is 53.2 Å². The summed E-state index contributed by atoms with van der Waals surface area (Å²) < 4.78 is 4.83. The van der Waals surface area contributed by atoms with Crippen molar-refractivity contribution in [3.8, 4) is 6.07 Å². The molecule has 0 aromatic heterocycles. The van der Waals surface area contributed by atoms with Gasteiger partial charge in [-0.2, -0.15) is 5.26 Å². The van der Waals surface area contributed by atoms with E-state index in [2.05, 4.69) is 0 Å². The van der Waals surface area contributed by atoms with Crippen LogP contribution in [0.15, 0.2) is 11.8 Å². The van der Waals surface area contributed by atoms with Crippen molar-refractivity contribution in [2.75, 3.05) is 13.2 Å². The van der Waals surface area contributed by atoms with Crippen molar-refractivity contribution in [3.05, 3.63) is 11.8 Å². The number of nitrogens with zero attached hydrogens (tertiary/aromatic N) is 1. The van der Waals surface area contributed by atoms with Crippen molar-refractivity contribution in [2.45, 2.75) is 6.92 Å².